The van der Waals surface area contributed by atoms with Gasteiger partial charge in [0.2, 0.25) is 5.91 Å². The zero-order valence-electron chi connectivity index (χ0n) is 23.1. The topological polar surface area (TPSA) is 108 Å². The molecular formula is C30H39N3O5S. The lowest BCUT2D eigenvalue weighted by Crippen LogP contribution is -2.58. The number of hydrogen-bond acceptors (Lipinski definition) is 6. The molecule has 1 aliphatic heterocycles. The van der Waals surface area contributed by atoms with Crippen LogP contribution < -0.4 is 10.6 Å². The van der Waals surface area contributed by atoms with Crippen molar-refractivity contribution in [2.45, 2.75) is 76.4 Å². The first-order chi connectivity index (χ1) is 18.5. The Kier molecular flexibility index (Phi) is 8.91. The molecule has 3 amide bonds. The number of aliphatic hydroxyl groups excluding tert-OH is 1. The molecule has 0 radical (unpaired) electrons. The van der Waals surface area contributed by atoms with Gasteiger partial charge in [-0.25, -0.2) is 4.79 Å². The van der Waals surface area contributed by atoms with Crippen molar-refractivity contribution < 1.29 is 24.2 Å². The second-order valence-corrected chi connectivity index (χ2v) is 13.1. The molecule has 3 N–H and O–H groups in total. The van der Waals surface area contributed by atoms with E-state index in [1.54, 1.807) is 0 Å². The van der Waals surface area contributed by atoms with E-state index in [0.29, 0.717) is 13.2 Å². The van der Waals surface area contributed by atoms with Crippen molar-refractivity contribution in [1.82, 2.24) is 15.5 Å². The molecule has 8 nitrogen and oxygen atoms in total. The Bertz CT molecular complexity index is 1180. The number of benzene rings is 2. The molecule has 0 bridgehead atoms. The summed E-state index contributed by atoms with van der Waals surface area (Å²) >= 11 is 1.48. The minimum atomic E-state index is -1.56. The van der Waals surface area contributed by atoms with Crippen LogP contribution in [0.4, 0.5) is 4.79 Å². The number of thioether (sulfide) groups is 1. The number of hydrogen-bond donors (Lipinski definition) is 3. The number of nitrogens with one attached hydrogen (secondary N) is 2. The fourth-order valence-corrected chi connectivity index (χ4v) is 5.88. The highest BCUT2D eigenvalue weighted by molar-refractivity contribution is 8.00. The van der Waals surface area contributed by atoms with Crippen molar-refractivity contribution >= 4 is 29.7 Å². The van der Waals surface area contributed by atoms with Crippen LogP contribution in [0.15, 0.2) is 54.6 Å². The fraction of sp³-hybridized carbons (Fsp3) is 0.500. The molecule has 1 saturated carbocycles. The number of alkyl carbamates (subject to hydrolysis) is 1. The van der Waals surface area contributed by atoms with Crippen molar-refractivity contribution in [3.05, 3.63) is 71.3 Å². The van der Waals surface area contributed by atoms with E-state index in [4.69, 9.17) is 4.74 Å². The molecule has 2 aromatic carbocycles. The largest absolute Gasteiger partial charge is 0.449 e. The van der Waals surface area contributed by atoms with Crippen molar-refractivity contribution in [1.29, 1.82) is 0 Å². The number of aliphatic hydroxyl groups is 1. The Morgan fingerprint density at radius 2 is 1.74 bits per heavy atom. The maximum atomic E-state index is 13.7. The molecule has 2 aromatic rings. The Morgan fingerprint density at radius 3 is 2.41 bits per heavy atom. The predicted molar refractivity (Wildman–Crippen MR) is 152 cm³/mol. The monoisotopic (exact) mass is 553 g/mol. The normalized spacial score (nSPS) is 20.5. The maximum absolute atomic E-state index is 13.7. The molecule has 39 heavy (non-hydrogen) atoms. The number of amides is 3. The Hall–Kier alpha value is -3.04. The van der Waals surface area contributed by atoms with Crippen LogP contribution in [0.1, 0.15) is 50.3 Å². The lowest BCUT2D eigenvalue weighted by molar-refractivity contribution is -0.147. The number of rotatable bonds is 10. The van der Waals surface area contributed by atoms with E-state index in [1.165, 1.54) is 16.7 Å². The van der Waals surface area contributed by atoms with Crippen LogP contribution in [-0.4, -0.2) is 63.3 Å². The Labute approximate surface area is 234 Å². The molecular weight excluding hydrogens is 514 g/mol. The van der Waals surface area contributed by atoms with Crippen molar-refractivity contribution in [3.8, 4) is 0 Å². The van der Waals surface area contributed by atoms with Gasteiger partial charge in [0.15, 0.2) is 6.10 Å². The zero-order valence-corrected chi connectivity index (χ0v) is 23.9. The second kappa shape index (κ2) is 12.0. The van der Waals surface area contributed by atoms with Gasteiger partial charge in [-0.05, 0) is 56.7 Å². The second-order valence-electron chi connectivity index (χ2n) is 11.5. The molecule has 2 aliphatic rings. The summed E-state index contributed by atoms with van der Waals surface area (Å²) in [5.41, 5.74) is 2.93. The predicted octanol–water partition coefficient (Wildman–Crippen LogP) is 3.79. The first kappa shape index (κ1) is 29.0. The first-order valence-electron chi connectivity index (χ1n) is 13.4. The van der Waals surface area contributed by atoms with Crippen LogP contribution in [0.3, 0.4) is 0 Å². The van der Waals surface area contributed by atoms with E-state index >= 15 is 0 Å². The highest BCUT2D eigenvalue weighted by Crippen LogP contribution is 2.45. The summed E-state index contributed by atoms with van der Waals surface area (Å²) in [6.07, 6.45) is 0.0129. The summed E-state index contributed by atoms with van der Waals surface area (Å²) in [7, 11) is 0. The maximum Gasteiger partial charge on any atom is 0.407 e. The van der Waals surface area contributed by atoms with Gasteiger partial charge < -0.3 is 25.4 Å². The van der Waals surface area contributed by atoms with Crippen LogP contribution in [0.25, 0.3) is 0 Å². The molecule has 1 heterocycles. The minimum Gasteiger partial charge on any atom is -0.449 e. The molecule has 1 saturated heterocycles. The quantitative estimate of drug-likeness (QED) is 0.413. The van der Waals surface area contributed by atoms with Gasteiger partial charge in [-0.15, -0.1) is 11.8 Å². The lowest BCUT2D eigenvalue weighted by atomic mass is 9.97. The third-order valence-corrected chi connectivity index (χ3v) is 9.06. The number of nitrogens with zero attached hydrogens (tertiary/aromatic N) is 1. The third kappa shape index (κ3) is 7.33. The van der Waals surface area contributed by atoms with Gasteiger partial charge in [-0.2, -0.15) is 0 Å². The van der Waals surface area contributed by atoms with Crippen LogP contribution in [0.5, 0.6) is 0 Å². The van der Waals surface area contributed by atoms with Crippen LogP contribution in [0, 0.1) is 12.3 Å². The molecule has 1 aliphatic carbocycles. The van der Waals surface area contributed by atoms with Crippen LogP contribution in [0.2, 0.25) is 0 Å². The average Bonchev–Trinajstić information content (AvgIpc) is 3.56. The van der Waals surface area contributed by atoms with E-state index in [9.17, 15) is 19.5 Å². The number of carbonyl (C=O) groups excluding carboxylic acids is 3. The van der Waals surface area contributed by atoms with Gasteiger partial charge in [0.1, 0.15) is 6.04 Å². The molecule has 3 atom stereocenters. The van der Waals surface area contributed by atoms with Gasteiger partial charge >= 0.3 is 6.09 Å². The van der Waals surface area contributed by atoms with E-state index in [1.807, 2.05) is 75.4 Å². The van der Waals surface area contributed by atoms with Gasteiger partial charge in [0, 0.05) is 16.7 Å². The summed E-state index contributed by atoms with van der Waals surface area (Å²) in [6, 6.07) is 15.4. The SMILES string of the molecule is Cc1ccccc1CNC(=O)C1N(C(=O)C(O)C(Cc2ccccc2)NC(=O)OCC2(C)CC2)CSC1(C)C. The summed E-state index contributed by atoms with van der Waals surface area (Å²) in [5.74, 6) is -0.621. The van der Waals surface area contributed by atoms with Gasteiger partial charge in [0.05, 0.1) is 18.5 Å². The molecule has 9 heteroatoms. The van der Waals surface area contributed by atoms with E-state index in [-0.39, 0.29) is 23.6 Å². The third-order valence-electron chi connectivity index (χ3n) is 7.68. The summed E-state index contributed by atoms with van der Waals surface area (Å²) in [4.78, 5) is 41.2. The van der Waals surface area contributed by atoms with Crippen molar-refractivity contribution in [2.75, 3.05) is 12.5 Å². The van der Waals surface area contributed by atoms with Gasteiger partial charge in [-0.3, -0.25) is 9.59 Å². The highest BCUT2D eigenvalue weighted by Gasteiger charge is 2.50. The summed E-state index contributed by atoms with van der Waals surface area (Å²) in [6.45, 7) is 8.52. The Balaban J connectivity index is 1.47. The van der Waals surface area contributed by atoms with Crippen molar-refractivity contribution in [3.63, 3.8) is 0 Å². The smallest absolute Gasteiger partial charge is 0.407 e. The summed E-state index contributed by atoms with van der Waals surface area (Å²) < 4.78 is 4.85. The molecule has 4 rings (SSSR count). The first-order valence-corrected chi connectivity index (χ1v) is 14.4. The van der Waals surface area contributed by atoms with Gasteiger partial charge in [-0.1, -0.05) is 61.5 Å². The van der Waals surface area contributed by atoms with Gasteiger partial charge in [0.25, 0.3) is 5.91 Å². The minimum absolute atomic E-state index is 0.0118. The number of carbonyl (C=O) groups is 3. The Morgan fingerprint density at radius 1 is 1.08 bits per heavy atom. The lowest BCUT2D eigenvalue weighted by Gasteiger charge is -2.33. The van der Waals surface area contributed by atoms with Crippen molar-refractivity contribution in [2.24, 2.45) is 5.41 Å². The van der Waals surface area contributed by atoms with E-state index in [0.717, 1.165) is 29.5 Å². The number of aryl methyl sites for hydroxylation is 1. The zero-order chi connectivity index (χ0) is 28.2. The molecule has 3 unspecified atom stereocenters. The average molecular weight is 554 g/mol. The summed E-state index contributed by atoms with van der Waals surface area (Å²) in [5, 5.41) is 17.0. The van der Waals surface area contributed by atoms with E-state index in [2.05, 4.69) is 17.6 Å². The highest BCUT2D eigenvalue weighted by atomic mass is 32.2. The molecule has 0 spiro atoms. The number of ether oxygens (including phenoxy) is 1. The molecule has 2 fully saturated rings. The fourth-order valence-electron chi connectivity index (χ4n) is 4.74. The van der Waals surface area contributed by atoms with Crippen LogP contribution >= 0.6 is 11.8 Å². The molecule has 0 aromatic heterocycles. The van der Waals surface area contributed by atoms with Crippen LogP contribution in [-0.2, 0) is 27.3 Å². The van der Waals surface area contributed by atoms with E-state index < -0.39 is 34.9 Å². The molecule has 210 valence electrons. The standard InChI is InChI=1S/C30H39N3O5S/c1-20-10-8-9-13-22(20)17-31-26(35)25-29(2,3)39-19-33(25)27(36)24(34)23(16-21-11-6-5-7-12-21)32-28(37)38-18-30(4)14-15-30/h5-13,23-25,34H,14-19H2,1-4H3,(H,31,35)(H,32,37).